The van der Waals surface area contributed by atoms with Gasteiger partial charge in [0.05, 0.1) is 6.17 Å². The molecule has 1 aliphatic heterocycles. The van der Waals surface area contributed by atoms with Crippen molar-refractivity contribution in [2.24, 2.45) is 0 Å². The Morgan fingerprint density at radius 3 is 2.12 bits per heavy atom. The lowest BCUT2D eigenvalue weighted by Gasteiger charge is -2.48. The van der Waals surface area contributed by atoms with Crippen LogP contribution in [0.5, 0.6) is 0 Å². The lowest BCUT2D eigenvalue weighted by Crippen LogP contribution is -2.55. The van der Waals surface area contributed by atoms with E-state index in [-0.39, 0.29) is 0 Å². The van der Waals surface area contributed by atoms with Crippen LogP contribution in [0.25, 0.3) is 5.57 Å². The van der Waals surface area contributed by atoms with Gasteiger partial charge in [-0.1, -0.05) is 62.9 Å². The van der Waals surface area contributed by atoms with Gasteiger partial charge in [0.1, 0.15) is 0 Å². The summed E-state index contributed by atoms with van der Waals surface area (Å²) in [6, 6.07) is 12.6. The zero-order chi connectivity index (χ0) is 16.4. The minimum atomic E-state index is 0.615. The Bertz CT molecular complexity index is 553. The highest BCUT2D eigenvalue weighted by Crippen LogP contribution is 2.37. The first-order valence-electron chi connectivity index (χ1n) is 10.2. The summed E-state index contributed by atoms with van der Waals surface area (Å²) in [4.78, 5) is 5.62. The van der Waals surface area contributed by atoms with Crippen LogP contribution < -0.4 is 0 Å². The molecule has 0 amide bonds. The van der Waals surface area contributed by atoms with Crippen LogP contribution in [0, 0.1) is 0 Å². The van der Waals surface area contributed by atoms with Gasteiger partial charge >= 0.3 is 0 Å². The predicted molar refractivity (Wildman–Crippen MR) is 102 cm³/mol. The third-order valence-corrected chi connectivity index (χ3v) is 6.43. The van der Waals surface area contributed by atoms with Crippen molar-refractivity contribution in [3.05, 3.63) is 42.1 Å². The van der Waals surface area contributed by atoms with Crippen molar-refractivity contribution in [1.29, 1.82) is 0 Å². The molecule has 2 nitrogen and oxygen atoms in total. The van der Waals surface area contributed by atoms with Crippen LogP contribution in [0.4, 0.5) is 0 Å². The first kappa shape index (κ1) is 16.2. The summed E-state index contributed by atoms with van der Waals surface area (Å²) < 4.78 is 0. The fourth-order valence-electron chi connectivity index (χ4n) is 5.20. The average Bonchev–Trinajstić information content (AvgIpc) is 3.35. The number of nitrogens with zero attached hydrogens (tertiary/aromatic N) is 2. The molecule has 2 heteroatoms. The molecule has 1 unspecified atom stereocenters. The highest BCUT2D eigenvalue weighted by Gasteiger charge is 2.37. The molecule has 1 atom stereocenters. The van der Waals surface area contributed by atoms with Gasteiger partial charge in [-0.2, -0.15) is 0 Å². The van der Waals surface area contributed by atoms with Gasteiger partial charge in [0.2, 0.25) is 0 Å². The van der Waals surface area contributed by atoms with Gasteiger partial charge in [-0.25, -0.2) is 0 Å². The highest BCUT2D eigenvalue weighted by molar-refractivity contribution is 5.67. The van der Waals surface area contributed by atoms with E-state index in [1.165, 1.54) is 68.9 Å². The Morgan fingerprint density at radius 2 is 1.50 bits per heavy atom. The van der Waals surface area contributed by atoms with E-state index < -0.39 is 0 Å². The minimum Gasteiger partial charge on any atom is -0.359 e. The Labute approximate surface area is 147 Å². The third-order valence-electron chi connectivity index (χ3n) is 6.43. The van der Waals surface area contributed by atoms with E-state index in [1.807, 2.05) is 0 Å². The second-order valence-electron chi connectivity index (χ2n) is 7.91. The van der Waals surface area contributed by atoms with Crippen molar-refractivity contribution in [3.63, 3.8) is 0 Å². The molecule has 0 spiro atoms. The molecular weight excluding hydrogens is 292 g/mol. The van der Waals surface area contributed by atoms with E-state index >= 15 is 0 Å². The molecule has 24 heavy (non-hydrogen) atoms. The Hall–Kier alpha value is -1.28. The van der Waals surface area contributed by atoms with Crippen LogP contribution in [-0.4, -0.2) is 34.6 Å². The van der Waals surface area contributed by atoms with Crippen molar-refractivity contribution in [2.45, 2.75) is 83.0 Å². The molecule has 0 N–H and O–H groups in total. The molecule has 1 aromatic rings. The van der Waals surface area contributed by atoms with Gasteiger partial charge in [-0.05, 0) is 43.2 Å². The van der Waals surface area contributed by atoms with Gasteiger partial charge in [0.25, 0.3) is 0 Å². The highest BCUT2D eigenvalue weighted by atomic mass is 15.4. The van der Waals surface area contributed by atoms with Crippen LogP contribution in [0.2, 0.25) is 0 Å². The zero-order valence-corrected chi connectivity index (χ0v) is 15.2. The largest absolute Gasteiger partial charge is 0.359 e. The maximum absolute atomic E-state index is 2.85. The molecule has 0 aromatic heterocycles. The van der Waals surface area contributed by atoms with Gasteiger partial charge in [0.15, 0.2) is 0 Å². The zero-order valence-electron chi connectivity index (χ0n) is 15.2. The molecule has 1 aromatic carbocycles. The molecule has 2 saturated carbocycles. The molecule has 130 valence electrons. The van der Waals surface area contributed by atoms with Crippen LogP contribution in [0.15, 0.2) is 36.5 Å². The third kappa shape index (κ3) is 3.13. The maximum atomic E-state index is 2.85. The molecule has 0 radical (unpaired) electrons. The Morgan fingerprint density at radius 1 is 0.875 bits per heavy atom. The Kier molecular flexibility index (Phi) is 4.93. The van der Waals surface area contributed by atoms with E-state index in [4.69, 9.17) is 0 Å². The first-order valence-corrected chi connectivity index (χ1v) is 10.2. The van der Waals surface area contributed by atoms with Crippen molar-refractivity contribution >= 4 is 5.57 Å². The van der Waals surface area contributed by atoms with Crippen molar-refractivity contribution in [3.8, 4) is 0 Å². The normalized spacial score (nSPS) is 27.0. The average molecular weight is 325 g/mol. The topological polar surface area (TPSA) is 6.48 Å². The maximum Gasteiger partial charge on any atom is 0.0821 e. The molecule has 0 bridgehead atoms. The van der Waals surface area contributed by atoms with Crippen LogP contribution in [0.1, 0.15) is 70.3 Å². The molecule has 3 aliphatic rings. The van der Waals surface area contributed by atoms with E-state index in [2.05, 4.69) is 53.3 Å². The molecule has 0 saturated heterocycles. The summed E-state index contributed by atoms with van der Waals surface area (Å²) in [7, 11) is 0. The standard InChI is InChI=1S/C22H32N2/c1-2-22-23(20-12-6-7-13-20)16-19(18-10-4-3-5-11-18)17-24(22)21-14-8-9-15-21/h3-5,10-11,16,20-22H,2,6-9,12-15,17H2,1H3. The van der Waals surface area contributed by atoms with E-state index in [0.29, 0.717) is 6.17 Å². The quantitative estimate of drug-likeness (QED) is 0.745. The first-order chi connectivity index (χ1) is 11.9. The summed E-state index contributed by atoms with van der Waals surface area (Å²) in [6.45, 7) is 3.52. The molecule has 2 fully saturated rings. The second-order valence-corrected chi connectivity index (χ2v) is 7.91. The van der Waals surface area contributed by atoms with Crippen LogP contribution in [-0.2, 0) is 0 Å². The number of rotatable bonds is 4. The fraction of sp³-hybridized carbons (Fsp3) is 0.636. The number of benzene rings is 1. The number of hydrogen-bond donors (Lipinski definition) is 0. The smallest absolute Gasteiger partial charge is 0.0821 e. The second kappa shape index (κ2) is 7.31. The lowest BCUT2D eigenvalue weighted by atomic mass is 9.99. The molecule has 2 aliphatic carbocycles. The Balaban J connectivity index is 1.67. The summed E-state index contributed by atoms with van der Waals surface area (Å²) >= 11 is 0. The summed E-state index contributed by atoms with van der Waals surface area (Å²) in [5, 5.41) is 0. The monoisotopic (exact) mass is 324 g/mol. The van der Waals surface area contributed by atoms with Gasteiger partial charge < -0.3 is 4.90 Å². The van der Waals surface area contributed by atoms with Crippen LogP contribution >= 0.6 is 0 Å². The van der Waals surface area contributed by atoms with Gasteiger partial charge in [0, 0.05) is 24.8 Å². The molecule has 4 rings (SSSR count). The molecule has 1 heterocycles. The van der Waals surface area contributed by atoms with Crippen LogP contribution in [0.3, 0.4) is 0 Å². The number of hydrogen-bond acceptors (Lipinski definition) is 2. The lowest BCUT2D eigenvalue weighted by molar-refractivity contribution is 0.0170. The van der Waals surface area contributed by atoms with Crippen molar-refractivity contribution in [2.75, 3.05) is 6.54 Å². The SMILES string of the molecule is CCC1N(C2CCCC2)C=C(c2ccccc2)CN1C1CCCC1. The summed E-state index contributed by atoms with van der Waals surface area (Å²) in [5.74, 6) is 0. The molecular formula is C22H32N2. The predicted octanol–water partition coefficient (Wildman–Crippen LogP) is 5.27. The van der Waals surface area contributed by atoms with Gasteiger partial charge in [-0.15, -0.1) is 0 Å². The summed E-state index contributed by atoms with van der Waals surface area (Å²) in [5.41, 5.74) is 2.94. The van der Waals surface area contributed by atoms with E-state index in [1.54, 1.807) is 0 Å². The van der Waals surface area contributed by atoms with Crippen molar-refractivity contribution < 1.29 is 0 Å². The van der Waals surface area contributed by atoms with E-state index in [0.717, 1.165) is 18.6 Å². The van der Waals surface area contributed by atoms with E-state index in [9.17, 15) is 0 Å². The minimum absolute atomic E-state index is 0.615. The summed E-state index contributed by atoms with van der Waals surface area (Å²) in [6.07, 6.45) is 15.6. The van der Waals surface area contributed by atoms with Crippen molar-refractivity contribution in [1.82, 2.24) is 9.80 Å². The van der Waals surface area contributed by atoms with Gasteiger partial charge in [-0.3, -0.25) is 4.90 Å². The fourth-order valence-corrected chi connectivity index (χ4v) is 5.20.